The summed E-state index contributed by atoms with van der Waals surface area (Å²) in [6.45, 7) is 8.01. The number of esters is 1. The number of carbonyl (C=O) groups excluding carboxylic acids is 2. The summed E-state index contributed by atoms with van der Waals surface area (Å²) >= 11 is 0. The molecule has 1 fully saturated rings. The average molecular weight is 576 g/mol. The van der Waals surface area contributed by atoms with Crippen LogP contribution in [0.4, 0.5) is 18.0 Å². The Morgan fingerprint density at radius 2 is 1.73 bits per heavy atom. The van der Waals surface area contributed by atoms with Crippen LogP contribution in [0.25, 0.3) is 10.9 Å². The van der Waals surface area contributed by atoms with Crippen molar-refractivity contribution in [3.8, 4) is 5.75 Å². The Balaban J connectivity index is 1.74. The zero-order valence-electron chi connectivity index (χ0n) is 24.1. The van der Waals surface area contributed by atoms with Gasteiger partial charge >= 0.3 is 12.1 Å². The molecule has 2 unspecified atom stereocenters. The van der Waals surface area contributed by atoms with Crippen molar-refractivity contribution in [3.63, 3.8) is 0 Å². The Morgan fingerprint density at radius 3 is 2.32 bits per heavy atom. The summed E-state index contributed by atoms with van der Waals surface area (Å²) in [5.74, 6) is 0.108. The zero-order chi connectivity index (χ0) is 30.1. The first-order valence-corrected chi connectivity index (χ1v) is 13.3. The number of aromatic nitrogens is 1. The molecule has 0 spiro atoms. The predicted molar refractivity (Wildman–Crippen MR) is 148 cm³/mol. The topological polar surface area (TPSA) is 73.2 Å². The molecule has 1 aromatic heterocycles. The number of carbonyl (C=O) groups is 2. The molecular formula is C30H36F3N3O5. The highest BCUT2D eigenvalue weighted by Crippen LogP contribution is 2.37. The molecule has 0 aliphatic carbocycles. The maximum atomic E-state index is 14.5. The van der Waals surface area contributed by atoms with Gasteiger partial charge in [0, 0.05) is 49.4 Å². The summed E-state index contributed by atoms with van der Waals surface area (Å²) in [6.07, 6.45) is -4.37. The normalized spacial score (nSPS) is 17.6. The van der Waals surface area contributed by atoms with Crippen LogP contribution in [0.3, 0.4) is 0 Å². The van der Waals surface area contributed by atoms with Gasteiger partial charge in [-0.2, -0.15) is 0 Å². The van der Waals surface area contributed by atoms with Gasteiger partial charge in [-0.1, -0.05) is 12.1 Å². The van der Waals surface area contributed by atoms with Crippen molar-refractivity contribution in [1.82, 2.24) is 14.4 Å². The van der Waals surface area contributed by atoms with E-state index in [1.54, 1.807) is 58.3 Å². The SMILES string of the molecule is COC(=O)c1ccc(C2CN(C(F)C(F)F)CCN2Cc2c(OC)cc(C)c3c2ccn3C(=O)OC(C)(C)C)cc1. The van der Waals surface area contributed by atoms with Crippen LogP contribution in [-0.4, -0.2) is 78.6 Å². The first-order chi connectivity index (χ1) is 19.3. The van der Waals surface area contributed by atoms with Crippen molar-refractivity contribution in [3.05, 3.63) is 64.8 Å². The molecule has 2 heterocycles. The number of aryl methyl sites for hydroxylation is 1. The molecular weight excluding hydrogens is 539 g/mol. The van der Waals surface area contributed by atoms with Crippen LogP contribution < -0.4 is 4.74 Å². The van der Waals surface area contributed by atoms with E-state index in [1.807, 2.05) is 19.1 Å². The largest absolute Gasteiger partial charge is 0.496 e. The Hall–Kier alpha value is -3.57. The smallest absolute Gasteiger partial charge is 0.419 e. The predicted octanol–water partition coefficient (Wildman–Crippen LogP) is 5.95. The van der Waals surface area contributed by atoms with Gasteiger partial charge < -0.3 is 14.2 Å². The van der Waals surface area contributed by atoms with Gasteiger partial charge in [-0.25, -0.2) is 22.8 Å². The van der Waals surface area contributed by atoms with E-state index in [-0.39, 0.29) is 13.1 Å². The van der Waals surface area contributed by atoms with E-state index < -0.39 is 36.4 Å². The van der Waals surface area contributed by atoms with Crippen molar-refractivity contribution in [2.24, 2.45) is 0 Å². The molecule has 222 valence electrons. The Kier molecular flexibility index (Phi) is 8.98. The van der Waals surface area contributed by atoms with E-state index in [9.17, 15) is 22.8 Å². The lowest BCUT2D eigenvalue weighted by Crippen LogP contribution is -2.52. The fraction of sp³-hybridized carbons (Fsp3) is 0.467. The van der Waals surface area contributed by atoms with Gasteiger partial charge in [0.1, 0.15) is 11.4 Å². The molecule has 1 aliphatic heterocycles. The second kappa shape index (κ2) is 12.1. The van der Waals surface area contributed by atoms with Crippen molar-refractivity contribution in [2.45, 2.75) is 58.6 Å². The molecule has 0 amide bonds. The fourth-order valence-electron chi connectivity index (χ4n) is 5.26. The van der Waals surface area contributed by atoms with Crippen molar-refractivity contribution >= 4 is 23.0 Å². The first kappa shape index (κ1) is 30.4. The molecule has 41 heavy (non-hydrogen) atoms. The van der Waals surface area contributed by atoms with Crippen LogP contribution in [0.1, 0.15) is 53.9 Å². The minimum Gasteiger partial charge on any atom is -0.496 e. The van der Waals surface area contributed by atoms with Crippen LogP contribution in [0, 0.1) is 6.92 Å². The van der Waals surface area contributed by atoms with Crippen LogP contribution in [-0.2, 0) is 16.0 Å². The van der Waals surface area contributed by atoms with Gasteiger partial charge in [0.2, 0.25) is 6.30 Å². The molecule has 0 N–H and O–H groups in total. The number of benzene rings is 2. The molecule has 2 aromatic carbocycles. The third-order valence-corrected chi connectivity index (χ3v) is 7.20. The van der Waals surface area contributed by atoms with Crippen molar-refractivity contribution < 1.29 is 37.0 Å². The molecule has 8 nitrogen and oxygen atoms in total. The lowest BCUT2D eigenvalue weighted by Gasteiger charge is -2.43. The second-order valence-electron chi connectivity index (χ2n) is 11.1. The standard InChI is InChI=1S/C30H36F3N3O5/c1-18-15-24(39-5)22(21-11-12-36(25(18)21)29(38)41-30(2,3)4)16-34-13-14-35(27(33)26(31)32)17-23(34)19-7-9-20(10-8-19)28(37)40-6/h7-12,15,23,26-27H,13-14,16-17H2,1-6H3. The molecule has 0 saturated carbocycles. The fourth-order valence-corrected chi connectivity index (χ4v) is 5.26. The van der Waals surface area contributed by atoms with Crippen molar-refractivity contribution in [2.75, 3.05) is 33.9 Å². The monoisotopic (exact) mass is 575 g/mol. The molecule has 4 rings (SSSR count). The summed E-state index contributed by atoms with van der Waals surface area (Å²) < 4.78 is 58.7. The quantitative estimate of drug-likeness (QED) is 0.255. The van der Waals surface area contributed by atoms with E-state index in [0.717, 1.165) is 27.0 Å². The number of rotatable bonds is 7. The first-order valence-electron chi connectivity index (χ1n) is 13.3. The Bertz CT molecular complexity index is 1400. The average Bonchev–Trinajstić information content (AvgIpc) is 3.39. The number of ether oxygens (including phenoxy) is 3. The van der Waals surface area contributed by atoms with E-state index in [2.05, 4.69) is 4.90 Å². The lowest BCUT2D eigenvalue weighted by molar-refractivity contribution is -0.0793. The minimum absolute atomic E-state index is 0.0132. The van der Waals surface area contributed by atoms with Gasteiger partial charge in [0.25, 0.3) is 6.43 Å². The number of hydrogen-bond donors (Lipinski definition) is 0. The Labute approximate surface area is 237 Å². The van der Waals surface area contributed by atoms with Gasteiger partial charge in [-0.3, -0.25) is 14.4 Å². The summed E-state index contributed by atoms with van der Waals surface area (Å²) in [6, 6.07) is 9.86. The zero-order valence-corrected chi connectivity index (χ0v) is 24.1. The molecule has 0 radical (unpaired) electrons. The van der Waals surface area contributed by atoms with Crippen LogP contribution >= 0.6 is 0 Å². The number of fused-ring (bicyclic) bond motifs is 1. The molecule has 0 bridgehead atoms. The van der Waals surface area contributed by atoms with E-state index in [1.165, 1.54) is 11.7 Å². The van der Waals surface area contributed by atoms with E-state index >= 15 is 0 Å². The maximum Gasteiger partial charge on any atom is 0.419 e. The van der Waals surface area contributed by atoms with Gasteiger partial charge in [-0.15, -0.1) is 0 Å². The third kappa shape index (κ3) is 6.51. The summed E-state index contributed by atoms with van der Waals surface area (Å²) in [5.41, 5.74) is 2.68. The van der Waals surface area contributed by atoms with Gasteiger partial charge in [-0.05, 0) is 63.1 Å². The highest BCUT2D eigenvalue weighted by atomic mass is 19.3. The summed E-state index contributed by atoms with van der Waals surface area (Å²) in [7, 11) is 2.85. The summed E-state index contributed by atoms with van der Waals surface area (Å²) in [5, 5.41) is 0.783. The number of piperazine rings is 1. The highest BCUT2D eigenvalue weighted by Gasteiger charge is 2.36. The molecule has 1 saturated heterocycles. The lowest BCUT2D eigenvalue weighted by atomic mass is 9.98. The number of alkyl halides is 3. The number of hydrogen-bond acceptors (Lipinski definition) is 7. The number of halogens is 3. The summed E-state index contributed by atoms with van der Waals surface area (Å²) in [4.78, 5) is 28.2. The third-order valence-electron chi connectivity index (χ3n) is 7.20. The van der Waals surface area contributed by atoms with Crippen LogP contribution in [0.5, 0.6) is 5.75 Å². The van der Waals surface area contributed by atoms with E-state index in [4.69, 9.17) is 14.2 Å². The minimum atomic E-state index is -3.13. The van der Waals surface area contributed by atoms with E-state index in [0.29, 0.717) is 29.9 Å². The maximum absolute atomic E-state index is 14.5. The Morgan fingerprint density at radius 1 is 1.05 bits per heavy atom. The van der Waals surface area contributed by atoms with Crippen LogP contribution in [0.15, 0.2) is 42.6 Å². The van der Waals surface area contributed by atoms with Crippen molar-refractivity contribution in [1.29, 1.82) is 0 Å². The molecule has 3 aromatic rings. The molecule has 2 atom stereocenters. The highest BCUT2D eigenvalue weighted by molar-refractivity contribution is 5.95. The molecule has 1 aliphatic rings. The number of nitrogens with zero attached hydrogens (tertiary/aromatic N) is 3. The molecule has 11 heteroatoms. The van der Waals surface area contributed by atoms with Gasteiger partial charge in [0.05, 0.1) is 25.3 Å². The number of methoxy groups -OCH3 is 2. The van der Waals surface area contributed by atoms with Crippen LogP contribution in [0.2, 0.25) is 0 Å². The van der Waals surface area contributed by atoms with Gasteiger partial charge in [0.15, 0.2) is 0 Å². The second-order valence-corrected chi connectivity index (χ2v) is 11.1.